The molecule has 0 radical (unpaired) electrons. The summed E-state index contributed by atoms with van der Waals surface area (Å²) in [5.74, 6) is -0.224. The highest BCUT2D eigenvalue weighted by Gasteiger charge is 2.58. The normalized spacial score (nSPS) is 23.8. The number of aliphatic carboxylic acids is 1. The van der Waals surface area contributed by atoms with Gasteiger partial charge in [-0.1, -0.05) is 12.1 Å². The van der Waals surface area contributed by atoms with Gasteiger partial charge in [0.1, 0.15) is 12.0 Å². The van der Waals surface area contributed by atoms with Gasteiger partial charge >= 0.3 is 5.97 Å². The monoisotopic (exact) mass is 373 g/mol. The maximum absolute atomic E-state index is 12.9. The molecule has 26 heavy (non-hydrogen) atoms. The molecule has 2 aliphatic heterocycles. The van der Waals surface area contributed by atoms with Crippen LogP contribution in [0.4, 0.5) is 0 Å². The van der Waals surface area contributed by atoms with Crippen LogP contribution in [-0.2, 0) is 4.79 Å². The third kappa shape index (κ3) is 2.38. The summed E-state index contributed by atoms with van der Waals surface area (Å²) in [6.45, 7) is 2.46. The van der Waals surface area contributed by atoms with Gasteiger partial charge in [-0.3, -0.25) is 9.59 Å². The molecular formula is C19H19NO5S. The molecule has 136 valence electrons. The number of carbonyl (C=O) groups is 2. The van der Waals surface area contributed by atoms with E-state index in [0.717, 1.165) is 10.4 Å². The van der Waals surface area contributed by atoms with Gasteiger partial charge in [0.25, 0.3) is 5.91 Å². The zero-order valence-electron chi connectivity index (χ0n) is 14.5. The van der Waals surface area contributed by atoms with Gasteiger partial charge in [0, 0.05) is 29.4 Å². The number of likely N-dealkylation sites (tertiary alicyclic amines) is 1. The Morgan fingerprint density at radius 2 is 2.15 bits per heavy atom. The van der Waals surface area contributed by atoms with Gasteiger partial charge in [0.2, 0.25) is 0 Å². The van der Waals surface area contributed by atoms with E-state index in [9.17, 15) is 14.7 Å². The molecular weight excluding hydrogens is 354 g/mol. The molecule has 6 nitrogen and oxygen atoms in total. The minimum Gasteiger partial charge on any atom is -0.493 e. The second-order valence-electron chi connectivity index (χ2n) is 6.78. The van der Waals surface area contributed by atoms with E-state index in [2.05, 4.69) is 0 Å². The number of amides is 1. The molecule has 2 aromatic rings. The predicted octanol–water partition coefficient (Wildman–Crippen LogP) is 2.77. The van der Waals surface area contributed by atoms with Gasteiger partial charge in [0.05, 0.1) is 12.0 Å². The molecule has 0 saturated carbocycles. The van der Waals surface area contributed by atoms with Crippen molar-refractivity contribution < 1.29 is 24.2 Å². The maximum Gasteiger partial charge on any atom is 0.315 e. The Balaban J connectivity index is 1.74. The van der Waals surface area contributed by atoms with Crippen LogP contribution in [0.15, 0.2) is 30.3 Å². The highest BCUT2D eigenvalue weighted by Crippen LogP contribution is 2.52. The molecule has 0 aliphatic carbocycles. The van der Waals surface area contributed by atoms with Gasteiger partial charge in [-0.25, -0.2) is 0 Å². The summed E-state index contributed by atoms with van der Waals surface area (Å²) in [5.41, 5.74) is -0.350. The van der Waals surface area contributed by atoms with E-state index >= 15 is 0 Å². The number of aryl methyl sites for hydroxylation is 1. The van der Waals surface area contributed by atoms with Crippen molar-refractivity contribution in [1.82, 2.24) is 4.90 Å². The number of para-hydroxylation sites is 1. The lowest BCUT2D eigenvalue weighted by atomic mass is 9.73. The summed E-state index contributed by atoms with van der Waals surface area (Å²) in [6, 6.07) is 9.18. The van der Waals surface area contributed by atoms with Crippen LogP contribution in [0.3, 0.4) is 0 Å². The molecule has 1 amide bonds. The number of carboxylic acids is 1. The number of methoxy groups -OCH3 is 1. The first kappa shape index (κ1) is 16.9. The summed E-state index contributed by atoms with van der Waals surface area (Å²) in [4.78, 5) is 28.4. The Morgan fingerprint density at radius 1 is 1.35 bits per heavy atom. The van der Waals surface area contributed by atoms with E-state index in [0.29, 0.717) is 22.9 Å². The zero-order chi connectivity index (χ0) is 18.5. The smallest absolute Gasteiger partial charge is 0.315 e. The molecule has 0 spiro atoms. The number of hydrogen-bond donors (Lipinski definition) is 1. The van der Waals surface area contributed by atoms with Crippen LogP contribution in [0.1, 0.15) is 26.0 Å². The Bertz CT molecular complexity index is 892. The molecule has 7 heteroatoms. The first-order valence-electron chi connectivity index (χ1n) is 8.35. The standard InChI is InChI=1S/C19H19NO5S/c1-11-6-7-15(26-11)17(21)20-8-13-12-4-3-5-14(24-2)16(12)25-10-19(13,9-20)18(22)23/h3-7,13H,8-10H2,1-2H3,(H,22,23)/t13-,19-/m1/s1. The van der Waals surface area contributed by atoms with Gasteiger partial charge in [-0.05, 0) is 25.1 Å². The lowest BCUT2D eigenvalue weighted by Gasteiger charge is -2.36. The number of ether oxygens (including phenoxy) is 2. The van der Waals surface area contributed by atoms with Crippen LogP contribution < -0.4 is 9.47 Å². The lowest BCUT2D eigenvalue weighted by Crippen LogP contribution is -2.46. The van der Waals surface area contributed by atoms with Crippen molar-refractivity contribution in [1.29, 1.82) is 0 Å². The number of benzene rings is 1. The number of thiophene rings is 1. The Hall–Kier alpha value is -2.54. The van der Waals surface area contributed by atoms with Crippen molar-refractivity contribution in [3.63, 3.8) is 0 Å². The van der Waals surface area contributed by atoms with Gasteiger partial charge in [-0.15, -0.1) is 11.3 Å². The molecule has 1 aromatic heterocycles. The molecule has 0 bridgehead atoms. The van der Waals surface area contributed by atoms with E-state index in [4.69, 9.17) is 9.47 Å². The number of hydrogen-bond acceptors (Lipinski definition) is 5. The van der Waals surface area contributed by atoms with Crippen molar-refractivity contribution in [2.45, 2.75) is 12.8 Å². The summed E-state index contributed by atoms with van der Waals surface area (Å²) in [5, 5.41) is 9.98. The fourth-order valence-electron chi connectivity index (χ4n) is 3.91. The molecule has 4 rings (SSSR count). The lowest BCUT2D eigenvalue weighted by molar-refractivity contribution is -0.151. The minimum absolute atomic E-state index is 0.0214. The highest BCUT2D eigenvalue weighted by molar-refractivity contribution is 7.13. The van der Waals surface area contributed by atoms with Crippen molar-refractivity contribution >= 4 is 23.2 Å². The van der Waals surface area contributed by atoms with Crippen LogP contribution in [-0.4, -0.2) is 48.7 Å². The van der Waals surface area contributed by atoms with E-state index < -0.39 is 11.4 Å². The predicted molar refractivity (Wildman–Crippen MR) is 96.3 cm³/mol. The van der Waals surface area contributed by atoms with Crippen LogP contribution >= 0.6 is 11.3 Å². The van der Waals surface area contributed by atoms with Crippen LogP contribution in [0.5, 0.6) is 11.5 Å². The van der Waals surface area contributed by atoms with Gasteiger partial charge in [0.15, 0.2) is 11.5 Å². The van der Waals surface area contributed by atoms with Gasteiger partial charge < -0.3 is 19.5 Å². The first-order chi connectivity index (χ1) is 12.5. The fraction of sp³-hybridized carbons (Fsp3) is 0.368. The van der Waals surface area contributed by atoms with E-state index in [-0.39, 0.29) is 25.0 Å². The average molecular weight is 373 g/mol. The summed E-state index contributed by atoms with van der Waals surface area (Å²) < 4.78 is 11.2. The van der Waals surface area contributed by atoms with E-state index in [1.54, 1.807) is 24.1 Å². The van der Waals surface area contributed by atoms with E-state index in [1.165, 1.54) is 11.3 Å². The highest BCUT2D eigenvalue weighted by atomic mass is 32.1. The van der Waals surface area contributed by atoms with Crippen LogP contribution in [0.2, 0.25) is 0 Å². The molecule has 1 saturated heterocycles. The number of fused-ring (bicyclic) bond motifs is 3. The zero-order valence-corrected chi connectivity index (χ0v) is 15.3. The number of carbonyl (C=O) groups excluding carboxylic acids is 1. The second-order valence-corrected chi connectivity index (χ2v) is 8.07. The third-order valence-corrected chi connectivity index (χ3v) is 6.27. The van der Waals surface area contributed by atoms with Crippen molar-refractivity contribution in [2.24, 2.45) is 5.41 Å². The molecule has 1 N–H and O–H groups in total. The topological polar surface area (TPSA) is 76.1 Å². The summed E-state index contributed by atoms with van der Waals surface area (Å²) >= 11 is 1.43. The second kappa shape index (κ2) is 6.02. The molecule has 0 unspecified atom stereocenters. The number of rotatable bonds is 3. The van der Waals surface area contributed by atoms with Gasteiger partial charge in [-0.2, -0.15) is 0 Å². The van der Waals surface area contributed by atoms with Crippen LogP contribution in [0.25, 0.3) is 0 Å². The van der Waals surface area contributed by atoms with E-state index in [1.807, 2.05) is 25.1 Å². The molecule has 3 heterocycles. The molecule has 2 aliphatic rings. The summed E-state index contributed by atoms with van der Waals surface area (Å²) in [7, 11) is 1.56. The SMILES string of the molecule is COc1cccc2c1OC[C@]1(C(=O)O)CN(C(=O)c3ccc(C)s3)C[C@H]21. The van der Waals surface area contributed by atoms with Crippen LogP contribution in [0, 0.1) is 12.3 Å². The Labute approximate surface area is 155 Å². The Morgan fingerprint density at radius 3 is 2.81 bits per heavy atom. The Kier molecular flexibility index (Phi) is 3.91. The largest absolute Gasteiger partial charge is 0.493 e. The van der Waals surface area contributed by atoms with Crippen molar-refractivity contribution in [2.75, 3.05) is 26.8 Å². The maximum atomic E-state index is 12.9. The van der Waals surface area contributed by atoms with Crippen molar-refractivity contribution in [3.8, 4) is 11.5 Å². The molecule has 1 aromatic carbocycles. The number of nitrogens with zero attached hydrogens (tertiary/aromatic N) is 1. The quantitative estimate of drug-likeness (QED) is 0.895. The fourth-order valence-corrected chi connectivity index (χ4v) is 4.75. The van der Waals surface area contributed by atoms with Crippen molar-refractivity contribution in [3.05, 3.63) is 45.6 Å². The average Bonchev–Trinajstić information content (AvgIpc) is 3.25. The number of carboxylic acid groups (broad SMARTS) is 1. The first-order valence-corrected chi connectivity index (χ1v) is 9.17. The third-order valence-electron chi connectivity index (χ3n) is 5.29. The molecule has 1 fully saturated rings. The molecule has 2 atom stereocenters. The summed E-state index contributed by atoms with van der Waals surface area (Å²) in [6.07, 6.45) is 0. The minimum atomic E-state index is -1.14.